The normalized spacial score (nSPS) is 10.6. The number of nitrogens with one attached hydrogen (secondary N) is 1. The molecular weight excluding hydrogens is 250 g/mol. The Morgan fingerprint density at radius 2 is 1.78 bits per heavy atom. The van der Waals surface area contributed by atoms with Gasteiger partial charge in [0.15, 0.2) is 0 Å². The summed E-state index contributed by atoms with van der Waals surface area (Å²) in [6.45, 7) is 6.13. The maximum absolute atomic E-state index is 5.78. The molecule has 0 aliphatic heterocycles. The van der Waals surface area contributed by atoms with Gasteiger partial charge >= 0.3 is 0 Å². The summed E-state index contributed by atoms with van der Waals surface area (Å²) in [5.41, 5.74) is 0. The van der Waals surface area contributed by atoms with Gasteiger partial charge in [-0.15, -0.1) is 0 Å². The highest BCUT2D eigenvalue weighted by molar-refractivity contribution is 6.30. The topological polar surface area (TPSA) is 30.5 Å². The number of rotatable bonds is 10. The van der Waals surface area contributed by atoms with Crippen molar-refractivity contribution in [2.24, 2.45) is 0 Å². The molecular formula is C14H22ClNO2. The van der Waals surface area contributed by atoms with Crippen LogP contribution in [0.25, 0.3) is 0 Å². The molecule has 1 aromatic carbocycles. The Morgan fingerprint density at radius 3 is 2.50 bits per heavy atom. The van der Waals surface area contributed by atoms with Gasteiger partial charge in [0.1, 0.15) is 12.4 Å². The van der Waals surface area contributed by atoms with Crippen molar-refractivity contribution in [3.63, 3.8) is 0 Å². The molecule has 0 aliphatic carbocycles. The molecule has 0 heterocycles. The second kappa shape index (κ2) is 10.2. The summed E-state index contributed by atoms with van der Waals surface area (Å²) in [4.78, 5) is 0. The molecule has 3 nitrogen and oxygen atoms in total. The predicted octanol–water partition coefficient (Wildman–Crippen LogP) is 3.13. The molecule has 0 fully saturated rings. The number of hydrogen-bond donors (Lipinski definition) is 1. The summed E-state index contributed by atoms with van der Waals surface area (Å²) >= 11 is 5.78. The van der Waals surface area contributed by atoms with Gasteiger partial charge in [0, 0.05) is 24.7 Å². The van der Waals surface area contributed by atoms with Gasteiger partial charge in [-0.05, 0) is 30.7 Å². The molecule has 102 valence electrons. The van der Waals surface area contributed by atoms with Crippen molar-refractivity contribution in [3.8, 4) is 5.75 Å². The van der Waals surface area contributed by atoms with Gasteiger partial charge in [-0.2, -0.15) is 0 Å². The minimum absolute atomic E-state index is 0.649. The first-order chi connectivity index (χ1) is 8.83. The third-order valence-corrected chi connectivity index (χ3v) is 2.68. The van der Waals surface area contributed by atoms with Gasteiger partial charge < -0.3 is 14.8 Å². The molecule has 0 radical (unpaired) electrons. The lowest BCUT2D eigenvalue weighted by Gasteiger charge is -2.08. The second-order valence-electron chi connectivity index (χ2n) is 4.02. The van der Waals surface area contributed by atoms with Crippen LogP contribution in [0.15, 0.2) is 24.3 Å². The molecule has 0 unspecified atom stereocenters. The average molecular weight is 272 g/mol. The molecule has 1 aromatic rings. The predicted molar refractivity (Wildman–Crippen MR) is 75.5 cm³/mol. The molecule has 0 spiro atoms. The van der Waals surface area contributed by atoms with Gasteiger partial charge in [-0.25, -0.2) is 0 Å². The molecule has 1 N–H and O–H groups in total. The van der Waals surface area contributed by atoms with E-state index in [0.29, 0.717) is 6.61 Å². The Hall–Kier alpha value is -0.770. The van der Waals surface area contributed by atoms with E-state index in [4.69, 9.17) is 21.1 Å². The van der Waals surface area contributed by atoms with Crippen molar-refractivity contribution >= 4 is 11.6 Å². The Kier molecular flexibility index (Phi) is 8.65. The third kappa shape index (κ3) is 7.54. The van der Waals surface area contributed by atoms with Gasteiger partial charge in [-0.3, -0.25) is 0 Å². The summed E-state index contributed by atoms with van der Waals surface area (Å²) in [7, 11) is 0. The maximum atomic E-state index is 5.78. The van der Waals surface area contributed by atoms with E-state index in [2.05, 4.69) is 12.2 Å². The zero-order valence-electron chi connectivity index (χ0n) is 11.0. The first-order valence-electron chi connectivity index (χ1n) is 6.49. The van der Waals surface area contributed by atoms with E-state index in [-0.39, 0.29) is 0 Å². The van der Waals surface area contributed by atoms with Crippen LogP contribution in [0.5, 0.6) is 5.75 Å². The van der Waals surface area contributed by atoms with Crippen molar-refractivity contribution in [3.05, 3.63) is 29.3 Å². The fourth-order valence-electron chi connectivity index (χ4n) is 1.39. The van der Waals surface area contributed by atoms with Gasteiger partial charge in [0.25, 0.3) is 0 Å². The average Bonchev–Trinajstić information content (AvgIpc) is 2.39. The molecule has 4 heteroatoms. The van der Waals surface area contributed by atoms with E-state index >= 15 is 0 Å². The largest absolute Gasteiger partial charge is 0.492 e. The fraction of sp³-hybridized carbons (Fsp3) is 0.571. The van der Waals surface area contributed by atoms with E-state index in [1.165, 1.54) is 6.42 Å². The Labute approximate surface area is 114 Å². The molecule has 1 rings (SSSR count). The number of unbranched alkanes of at least 4 members (excludes halogenated alkanes) is 1. The van der Waals surface area contributed by atoms with E-state index in [0.717, 1.165) is 43.5 Å². The zero-order chi connectivity index (χ0) is 13.1. The van der Waals surface area contributed by atoms with Crippen molar-refractivity contribution < 1.29 is 9.47 Å². The Morgan fingerprint density at radius 1 is 1.06 bits per heavy atom. The lowest BCUT2D eigenvalue weighted by Crippen LogP contribution is -2.25. The fourth-order valence-corrected chi connectivity index (χ4v) is 1.52. The number of ether oxygens (including phenoxy) is 2. The molecule has 0 atom stereocenters. The van der Waals surface area contributed by atoms with Crippen LogP contribution in [0.2, 0.25) is 5.02 Å². The van der Waals surface area contributed by atoms with Crippen LogP contribution in [0.3, 0.4) is 0 Å². The van der Waals surface area contributed by atoms with Crippen LogP contribution in [-0.4, -0.2) is 32.9 Å². The quantitative estimate of drug-likeness (QED) is 0.663. The number of hydrogen-bond acceptors (Lipinski definition) is 3. The van der Waals surface area contributed by atoms with E-state index in [1.54, 1.807) is 0 Å². The molecule has 0 amide bonds. The summed E-state index contributed by atoms with van der Waals surface area (Å²) in [5.74, 6) is 0.848. The van der Waals surface area contributed by atoms with Gasteiger partial charge in [-0.1, -0.05) is 24.9 Å². The molecule has 0 aromatic heterocycles. The molecule has 18 heavy (non-hydrogen) atoms. The molecule has 0 aliphatic rings. The summed E-state index contributed by atoms with van der Waals surface area (Å²) < 4.78 is 11.0. The first-order valence-corrected chi connectivity index (χ1v) is 6.87. The van der Waals surface area contributed by atoms with Crippen LogP contribution in [0.1, 0.15) is 19.8 Å². The summed E-state index contributed by atoms with van der Waals surface area (Å²) in [6.07, 6.45) is 2.32. The lowest BCUT2D eigenvalue weighted by molar-refractivity contribution is 0.132. The van der Waals surface area contributed by atoms with Crippen LogP contribution in [-0.2, 0) is 4.74 Å². The first kappa shape index (κ1) is 15.3. The van der Waals surface area contributed by atoms with Crippen molar-refractivity contribution in [1.29, 1.82) is 0 Å². The standard InChI is InChI=1S/C14H22ClNO2/c1-2-3-10-17-11-8-16-9-12-18-14-6-4-13(15)5-7-14/h4-7,16H,2-3,8-12H2,1H3. The van der Waals surface area contributed by atoms with Gasteiger partial charge in [0.05, 0.1) is 6.61 Å². The molecule has 0 saturated carbocycles. The Bertz CT molecular complexity index is 303. The second-order valence-corrected chi connectivity index (χ2v) is 4.45. The smallest absolute Gasteiger partial charge is 0.119 e. The van der Waals surface area contributed by atoms with E-state index < -0.39 is 0 Å². The van der Waals surface area contributed by atoms with Crippen molar-refractivity contribution in [1.82, 2.24) is 5.32 Å². The van der Waals surface area contributed by atoms with E-state index in [9.17, 15) is 0 Å². The highest BCUT2D eigenvalue weighted by Gasteiger charge is 1.93. The zero-order valence-corrected chi connectivity index (χ0v) is 11.7. The minimum atomic E-state index is 0.649. The van der Waals surface area contributed by atoms with Crippen LogP contribution >= 0.6 is 11.6 Å². The van der Waals surface area contributed by atoms with Crippen LogP contribution in [0, 0.1) is 0 Å². The maximum Gasteiger partial charge on any atom is 0.119 e. The van der Waals surface area contributed by atoms with Crippen molar-refractivity contribution in [2.75, 3.05) is 32.9 Å². The number of benzene rings is 1. The highest BCUT2D eigenvalue weighted by atomic mass is 35.5. The van der Waals surface area contributed by atoms with E-state index in [1.807, 2.05) is 24.3 Å². The molecule has 0 saturated heterocycles. The monoisotopic (exact) mass is 271 g/mol. The van der Waals surface area contributed by atoms with Crippen LogP contribution in [0.4, 0.5) is 0 Å². The minimum Gasteiger partial charge on any atom is -0.492 e. The van der Waals surface area contributed by atoms with Gasteiger partial charge in [0.2, 0.25) is 0 Å². The number of halogens is 1. The highest BCUT2D eigenvalue weighted by Crippen LogP contribution is 2.14. The lowest BCUT2D eigenvalue weighted by atomic mass is 10.3. The summed E-state index contributed by atoms with van der Waals surface area (Å²) in [6, 6.07) is 7.39. The third-order valence-electron chi connectivity index (χ3n) is 2.43. The molecule has 0 bridgehead atoms. The van der Waals surface area contributed by atoms with Crippen molar-refractivity contribution in [2.45, 2.75) is 19.8 Å². The summed E-state index contributed by atoms with van der Waals surface area (Å²) in [5, 5.41) is 3.99. The SMILES string of the molecule is CCCCOCCNCCOc1ccc(Cl)cc1. The van der Waals surface area contributed by atoms with Crippen LogP contribution < -0.4 is 10.1 Å². The Balaban J connectivity index is 1.91.